The number of pyridine rings is 1. The molecule has 1 aliphatic rings. The van der Waals surface area contributed by atoms with Crippen LogP contribution in [-0.2, 0) is 17.8 Å². The summed E-state index contributed by atoms with van der Waals surface area (Å²) in [5, 5.41) is 1.21. The SMILES string of the molecule is CCN(CC)c1ncnc2c1sc1nc(C(C)C)c3c(c12)CC(C)(C)OC3. The maximum atomic E-state index is 6.14. The van der Waals surface area contributed by atoms with Gasteiger partial charge in [0.2, 0.25) is 0 Å². The fourth-order valence-corrected chi connectivity index (χ4v) is 5.23. The molecule has 0 unspecified atom stereocenters. The molecule has 1 aliphatic heterocycles. The molecule has 3 aromatic rings. The second-order valence-electron chi connectivity index (χ2n) is 8.16. The van der Waals surface area contributed by atoms with E-state index in [4.69, 9.17) is 14.7 Å². The minimum absolute atomic E-state index is 0.168. The topological polar surface area (TPSA) is 51.1 Å². The van der Waals surface area contributed by atoms with Crippen molar-refractivity contribution in [1.29, 1.82) is 0 Å². The number of hydrogen-bond donors (Lipinski definition) is 0. The van der Waals surface area contributed by atoms with Crippen molar-refractivity contribution >= 4 is 37.6 Å². The molecule has 0 radical (unpaired) electrons. The van der Waals surface area contributed by atoms with E-state index >= 15 is 0 Å². The summed E-state index contributed by atoms with van der Waals surface area (Å²) in [7, 11) is 0. The highest BCUT2D eigenvalue weighted by atomic mass is 32.1. The highest BCUT2D eigenvalue weighted by Gasteiger charge is 2.32. The third-order valence-corrected chi connectivity index (χ3v) is 6.52. The molecule has 0 atom stereocenters. The largest absolute Gasteiger partial charge is 0.370 e. The molecule has 4 rings (SSSR count). The normalized spacial score (nSPS) is 16.3. The molecule has 0 saturated heterocycles. The first-order valence-electron chi connectivity index (χ1n) is 9.84. The Morgan fingerprint density at radius 1 is 1.19 bits per heavy atom. The summed E-state index contributed by atoms with van der Waals surface area (Å²) in [5.41, 5.74) is 4.67. The van der Waals surface area contributed by atoms with Gasteiger partial charge in [-0.1, -0.05) is 13.8 Å². The summed E-state index contributed by atoms with van der Waals surface area (Å²) in [4.78, 5) is 17.8. The smallest absolute Gasteiger partial charge is 0.150 e. The van der Waals surface area contributed by atoms with Crippen molar-refractivity contribution in [2.24, 2.45) is 0 Å². The van der Waals surface area contributed by atoms with Crippen LogP contribution in [0.1, 0.15) is 64.3 Å². The van der Waals surface area contributed by atoms with Gasteiger partial charge in [0.25, 0.3) is 0 Å². The average Bonchev–Trinajstić information content (AvgIpc) is 3.00. The number of hydrogen-bond acceptors (Lipinski definition) is 6. The lowest BCUT2D eigenvalue weighted by atomic mass is 9.87. The van der Waals surface area contributed by atoms with E-state index in [9.17, 15) is 0 Å². The van der Waals surface area contributed by atoms with E-state index in [0.717, 1.165) is 46.1 Å². The van der Waals surface area contributed by atoms with E-state index in [1.165, 1.54) is 16.5 Å². The van der Waals surface area contributed by atoms with Crippen LogP contribution < -0.4 is 4.90 Å². The zero-order valence-electron chi connectivity index (χ0n) is 17.1. The zero-order valence-corrected chi connectivity index (χ0v) is 17.9. The third-order valence-electron chi connectivity index (χ3n) is 5.45. The van der Waals surface area contributed by atoms with Gasteiger partial charge in [0.15, 0.2) is 0 Å². The van der Waals surface area contributed by atoms with Crippen molar-refractivity contribution in [1.82, 2.24) is 15.0 Å². The average molecular weight is 385 g/mol. The quantitative estimate of drug-likeness (QED) is 0.629. The molecule has 0 saturated carbocycles. The number of fused-ring (bicyclic) bond motifs is 5. The van der Waals surface area contributed by atoms with Crippen molar-refractivity contribution in [2.75, 3.05) is 18.0 Å². The lowest BCUT2D eigenvalue weighted by Crippen LogP contribution is -2.33. The van der Waals surface area contributed by atoms with Crippen LogP contribution in [0.4, 0.5) is 5.82 Å². The fraction of sp³-hybridized carbons (Fsp3) is 0.571. The Morgan fingerprint density at radius 3 is 2.59 bits per heavy atom. The van der Waals surface area contributed by atoms with Gasteiger partial charge in [0, 0.05) is 30.5 Å². The predicted octanol–water partition coefficient (Wildman–Crippen LogP) is 5.06. The van der Waals surface area contributed by atoms with Gasteiger partial charge in [-0.15, -0.1) is 11.3 Å². The van der Waals surface area contributed by atoms with Crippen molar-refractivity contribution in [3.8, 4) is 0 Å². The van der Waals surface area contributed by atoms with Gasteiger partial charge in [-0.2, -0.15) is 0 Å². The maximum Gasteiger partial charge on any atom is 0.150 e. The summed E-state index contributed by atoms with van der Waals surface area (Å²) in [6.45, 7) is 15.6. The molecular weight excluding hydrogens is 356 g/mol. The number of thiophene rings is 1. The lowest BCUT2D eigenvalue weighted by molar-refractivity contribution is -0.0402. The monoisotopic (exact) mass is 384 g/mol. The second kappa shape index (κ2) is 6.67. The number of rotatable bonds is 4. The standard InChI is InChI=1S/C21H28N4OS/c1-7-25(8-2)19-18-17(22-11-23-19)15-13-9-21(5,6)26-10-14(13)16(12(3)4)24-20(15)27-18/h11-12H,7-10H2,1-6H3. The van der Waals surface area contributed by atoms with Gasteiger partial charge in [0.05, 0.1) is 28.1 Å². The first-order chi connectivity index (χ1) is 12.9. The van der Waals surface area contributed by atoms with Crippen molar-refractivity contribution < 1.29 is 4.74 Å². The first-order valence-corrected chi connectivity index (χ1v) is 10.7. The molecule has 0 N–H and O–H groups in total. The van der Waals surface area contributed by atoms with Crippen LogP contribution in [0.15, 0.2) is 6.33 Å². The Kier molecular flexibility index (Phi) is 4.59. The number of ether oxygens (including phenoxy) is 1. The molecule has 3 aromatic heterocycles. The van der Waals surface area contributed by atoms with Crippen molar-refractivity contribution in [2.45, 2.75) is 66.1 Å². The van der Waals surface area contributed by atoms with Gasteiger partial charge < -0.3 is 9.64 Å². The Bertz CT molecular complexity index is 1000. The highest BCUT2D eigenvalue weighted by Crippen LogP contribution is 2.43. The number of anilines is 1. The molecule has 5 nitrogen and oxygen atoms in total. The van der Waals surface area contributed by atoms with Crippen LogP contribution in [-0.4, -0.2) is 33.6 Å². The molecule has 0 bridgehead atoms. The van der Waals surface area contributed by atoms with E-state index in [2.05, 4.69) is 51.4 Å². The fourth-order valence-electron chi connectivity index (χ4n) is 4.04. The van der Waals surface area contributed by atoms with Crippen LogP contribution in [0.3, 0.4) is 0 Å². The summed E-state index contributed by atoms with van der Waals surface area (Å²) in [5.74, 6) is 1.39. The van der Waals surface area contributed by atoms with E-state index in [1.54, 1.807) is 17.7 Å². The minimum atomic E-state index is -0.168. The van der Waals surface area contributed by atoms with E-state index in [-0.39, 0.29) is 5.60 Å². The Morgan fingerprint density at radius 2 is 1.93 bits per heavy atom. The molecule has 0 fully saturated rings. The van der Waals surface area contributed by atoms with Gasteiger partial charge in [-0.25, -0.2) is 15.0 Å². The van der Waals surface area contributed by atoms with E-state index in [1.807, 2.05) is 0 Å². The second-order valence-corrected chi connectivity index (χ2v) is 9.16. The summed E-state index contributed by atoms with van der Waals surface area (Å²) >= 11 is 1.73. The summed E-state index contributed by atoms with van der Waals surface area (Å²) in [6.07, 6.45) is 2.59. The molecule has 0 spiro atoms. The van der Waals surface area contributed by atoms with Crippen molar-refractivity contribution in [3.05, 3.63) is 23.1 Å². The van der Waals surface area contributed by atoms with E-state index in [0.29, 0.717) is 12.5 Å². The van der Waals surface area contributed by atoms with Crippen LogP contribution >= 0.6 is 11.3 Å². The maximum absolute atomic E-state index is 6.14. The summed E-state index contributed by atoms with van der Waals surface area (Å²) < 4.78 is 7.29. The van der Waals surface area contributed by atoms with Gasteiger partial charge in [-0.05, 0) is 39.2 Å². The number of aromatic nitrogens is 3. The molecule has 27 heavy (non-hydrogen) atoms. The van der Waals surface area contributed by atoms with Crippen molar-refractivity contribution in [3.63, 3.8) is 0 Å². The van der Waals surface area contributed by atoms with Crippen LogP contribution in [0.25, 0.3) is 20.4 Å². The van der Waals surface area contributed by atoms with Gasteiger partial charge in [0.1, 0.15) is 17.0 Å². The molecule has 144 valence electrons. The molecular formula is C21H28N4OS. The third kappa shape index (κ3) is 2.99. The van der Waals surface area contributed by atoms with Gasteiger partial charge >= 0.3 is 0 Å². The highest BCUT2D eigenvalue weighted by molar-refractivity contribution is 7.26. The Balaban J connectivity index is 2.08. The Labute approximate surface area is 164 Å². The first kappa shape index (κ1) is 18.6. The zero-order chi connectivity index (χ0) is 19.3. The Hall–Kier alpha value is -1.79. The van der Waals surface area contributed by atoms with Crippen LogP contribution in [0.5, 0.6) is 0 Å². The molecule has 6 heteroatoms. The van der Waals surface area contributed by atoms with Crippen LogP contribution in [0, 0.1) is 0 Å². The molecule has 0 aliphatic carbocycles. The molecule has 0 aromatic carbocycles. The predicted molar refractivity (Wildman–Crippen MR) is 113 cm³/mol. The lowest BCUT2D eigenvalue weighted by Gasteiger charge is -2.33. The van der Waals surface area contributed by atoms with E-state index < -0.39 is 0 Å². The summed E-state index contributed by atoms with van der Waals surface area (Å²) in [6, 6.07) is 0. The molecule has 0 amide bonds. The minimum Gasteiger partial charge on any atom is -0.370 e. The van der Waals surface area contributed by atoms with Crippen LogP contribution in [0.2, 0.25) is 0 Å². The van der Waals surface area contributed by atoms with Gasteiger partial charge in [-0.3, -0.25) is 0 Å². The number of nitrogens with zero attached hydrogens (tertiary/aromatic N) is 4. The molecule has 4 heterocycles.